The lowest BCUT2D eigenvalue weighted by Gasteiger charge is -2.18. The van der Waals surface area contributed by atoms with Crippen molar-refractivity contribution in [2.75, 3.05) is 5.32 Å². The lowest BCUT2D eigenvalue weighted by molar-refractivity contribution is -0.137. The van der Waals surface area contributed by atoms with Crippen molar-refractivity contribution in [2.45, 2.75) is 39.0 Å². The van der Waals surface area contributed by atoms with Gasteiger partial charge in [0.25, 0.3) is 5.56 Å². The second-order valence-electron chi connectivity index (χ2n) is 7.06. The molecule has 0 spiro atoms. The number of nitrogens with zero attached hydrogens (tertiary/aromatic N) is 2. The van der Waals surface area contributed by atoms with Crippen LogP contribution in [0.3, 0.4) is 0 Å². The molecular weight excluding hydrogens is 435 g/mol. The van der Waals surface area contributed by atoms with E-state index in [1.165, 1.54) is 6.07 Å². The van der Waals surface area contributed by atoms with Crippen molar-refractivity contribution in [1.29, 1.82) is 0 Å². The Hall–Kier alpha value is -3.07. The number of alkyl halides is 3. The van der Waals surface area contributed by atoms with Crippen molar-refractivity contribution in [3.63, 3.8) is 0 Å². The van der Waals surface area contributed by atoms with E-state index in [0.29, 0.717) is 6.42 Å². The SMILES string of the molecule is CC[C@H](C)n1c(=O)c2ccccc2n(CC(=O)Nc2cc(C(F)(F)F)ccc2Cl)c1=O. The molecule has 31 heavy (non-hydrogen) atoms. The number of fused-ring (bicyclic) bond motifs is 1. The van der Waals surface area contributed by atoms with Crippen LogP contribution in [0.25, 0.3) is 10.9 Å². The number of aromatic nitrogens is 2. The standard InChI is InChI=1S/C21H19ClF3N3O3/c1-3-12(2)28-19(30)14-6-4-5-7-17(14)27(20(28)31)11-18(29)26-16-10-13(21(23,24)25)8-9-15(16)22/h4-10,12H,3,11H2,1-2H3,(H,26,29)/t12-/m0/s1. The number of halogens is 4. The third kappa shape index (κ3) is 4.51. The van der Waals surface area contributed by atoms with Crippen LogP contribution >= 0.6 is 11.6 Å². The third-order valence-electron chi connectivity index (χ3n) is 4.98. The summed E-state index contributed by atoms with van der Waals surface area (Å²) >= 11 is 5.93. The number of benzene rings is 2. The quantitative estimate of drug-likeness (QED) is 0.620. The molecule has 3 aromatic rings. The van der Waals surface area contributed by atoms with Crippen LogP contribution in [0.2, 0.25) is 5.02 Å². The highest BCUT2D eigenvalue weighted by Gasteiger charge is 2.31. The van der Waals surface area contributed by atoms with Crippen molar-refractivity contribution in [3.8, 4) is 0 Å². The molecule has 1 atom stereocenters. The van der Waals surface area contributed by atoms with Gasteiger partial charge < -0.3 is 5.32 Å². The largest absolute Gasteiger partial charge is 0.416 e. The van der Waals surface area contributed by atoms with E-state index in [1.807, 2.05) is 6.92 Å². The van der Waals surface area contributed by atoms with Gasteiger partial charge in [0.05, 0.1) is 27.2 Å². The highest BCUT2D eigenvalue weighted by Crippen LogP contribution is 2.33. The summed E-state index contributed by atoms with van der Waals surface area (Å²) in [6, 6.07) is 8.49. The molecule has 0 saturated heterocycles. The summed E-state index contributed by atoms with van der Waals surface area (Å²) in [6.45, 7) is 3.02. The van der Waals surface area contributed by atoms with Crippen molar-refractivity contribution < 1.29 is 18.0 Å². The Bertz CT molecular complexity index is 1260. The van der Waals surface area contributed by atoms with E-state index in [9.17, 15) is 27.6 Å². The fourth-order valence-corrected chi connectivity index (χ4v) is 3.36. The number of carbonyl (C=O) groups is 1. The highest BCUT2D eigenvalue weighted by atomic mass is 35.5. The van der Waals surface area contributed by atoms with Crippen LogP contribution in [-0.4, -0.2) is 15.0 Å². The van der Waals surface area contributed by atoms with E-state index in [2.05, 4.69) is 5.32 Å². The third-order valence-corrected chi connectivity index (χ3v) is 5.31. The van der Waals surface area contributed by atoms with E-state index in [4.69, 9.17) is 11.6 Å². The summed E-state index contributed by atoms with van der Waals surface area (Å²) in [5.74, 6) is -0.761. The summed E-state index contributed by atoms with van der Waals surface area (Å²) < 4.78 is 41.1. The zero-order valence-corrected chi connectivity index (χ0v) is 17.4. The molecule has 0 radical (unpaired) electrons. The average Bonchev–Trinajstić information content (AvgIpc) is 2.71. The summed E-state index contributed by atoms with van der Waals surface area (Å²) in [7, 11) is 0. The zero-order chi connectivity index (χ0) is 22.9. The van der Waals surface area contributed by atoms with Crippen molar-refractivity contribution in [2.24, 2.45) is 0 Å². The first-order chi connectivity index (χ1) is 14.5. The molecule has 1 heterocycles. The Kier molecular flexibility index (Phi) is 6.26. The number of para-hydroxylation sites is 1. The number of hydrogen-bond donors (Lipinski definition) is 1. The topological polar surface area (TPSA) is 73.1 Å². The van der Waals surface area contributed by atoms with E-state index in [1.54, 1.807) is 25.1 Å². The summed E-state index contributed by atoms with van der Waals surface area (Å²) in [5.41, 5.74) is -2.09. The first-order valence-electron chi connectivity index (χ1n) is 9.45. The minimum Gasteiger partial charge on any atom is -0.323 e. The van der Waals surface area contributed by atoms with Gasteiger partial charge in [-0.1, -0.05) is 30.7 Å². The monoisotopic (exact) mass is 453 g/mol. The minimum atomic E-state index is -4.61. The molecule has 0 bridgehead atoms. The molecule has 164 valence electrons. The van der Waals surface area contributed by atoms with Gasteiger partial charge in [0.15, 0.2) is 0 Å². The second kappa shape index (κ2) is 8.58. The minimum absolute atomic E-state index is 0.0804. The highest BCUT2D eigenvalue weighted by molar-refractivity contribution is 6.33. The molecule has 6 nitrogen and oxygen atoms in total. The summed E-state index contributed by atoms with van der Waals surface area (Å²) in [6.07, 6.45) is -4.09. The zero-order valence-electron chi connectivity index (χ0n) is 16.7. The molecule has 2 aromatic carbocycles. The van der Waals surface area contributed by atoms with Crippen LogP contribution in [0.15, 0.2) is 52.1 Å². The van der Waals surface area contributed by atoms with Gasteiger partial charge in [-0.05, 0) is 43.7 Å². The molecule has 0 fully saturated rings. The molecule has 1 N–H and O–H groups in total. The normalized spacial score (nSPS) is 12.7. The van der Waals surface area contributed by atoms with E-state index in [0.717, 1.165) is 27.3 Å². The van der Waals surface area contributed by atoms with Crippen LogP contribution in [0.5, 0.6) is 0 Å². The van der Waals surface area contributed by atoms with Crippen molar-refractivity contribution in [3.05, 3.63) is 73.9 Å². The maximum absolute atomic E-state index is 13.0. The van der Waals surface area contributed by atoms with Gasteiger partial charge in [0.2, 0.25) is 5.91 Å². The number of hydrogen-bond acceptors (Lipinski definition) is 3. The predicted molar refractivity (Wildman–Crippen MR) is 113 cm³/mol. The predicted octanol–water partition coefficient (Wildman–Crippen LogP) is 4.45. The first kappa shape index (κ1) is 22.6. The summed E-state index contributed by atoms with van der Waals surface area (Å²) in [4.78, 5) is 38.4. The molecule has 0 unspecified atom stereocenters. The van der Waals surface area contributed by atoms with Crippen LogP contribution < -0.4 is 16.6 Å². The Morgan fingerprint density at radius 2 is 1.84 bits per heavy atom. The second-order valence-corrected chi connectivity index (χ2v) is 7.47. The molecule has 10 heteroatoms. The van der Waals surface area contributed by atoms with Crippen LogP contribution in [-0.2, 0) is 17.5 Å². The van der Waals surface area contributed by atoms with Crippen LogP contribution in [0.4, 0.5) is 18.9 Å². The fraction of sp³-hybridized carbons (Fsp3) is 0.286. The van der Waals surface area contributed by atoms with E-state index >= 15 is 0 Å². The Labute approximate surface area is 179 Å². The lowest BCUT2D eigenvalue weighted by Crippen LogP contribution is -2.43. The molecule has 1 amide bonds. The first-order valence-corrected chi connectivity index (χ1v) is 9.83. The van der Waals surface area contributed by atoms with E-state index in [-0.39, 0.29) is 21.6 Å². The molecule has 1 aromatic heterocycles. The molecular formula is C21H19ClF3N3O3. The maximum Gasteiger partial charge on any atom is 0.416 e. The Morgan fingerprint density at radius 3 is 2.48 bits per heavy atom. The van der Waals surface area contributed by atoms with Crippen molar-refractivity contribution >= 4 is 34.1 Å². The number of carbonyl (C=O) groups excluding carboxylic acids is 1. The molecule has 0 aliphatic carbocycles. The lowest BCUT2D eigenvalue weighted by atomic mass is 10.2. The number of anilines is 1. The van der Waals surface area contributed by atoms with Crippen LogP contribution in [0, 0.1) is 0 Å². The van der Waals surface area contributed by atoms with Crippen LogP contribution in [0.1, 0.15) is 31.9 Å². The van der Waals surface area contributed by atoms with E-state index < -0.39 is 41.5 Å². The fourth-order valence-electron chi connectivity index (χ4n) is 3.19. The van der Waals surface area contributed by atoms with Gasteiger partial charge in [-0.2, -0.15) is 13.2 Å². The van der Waals surface area contributed by atoms with Gasteiger partial charge in [0, 0.05) is 6.04 Å². The van der Waals surface area contributed by atoms with Gasteiger partial charge in [-0.15, -0.1) is 0 Å². The van der Waals surface area contributed by atoms with Gasteiger partial charge in [0.1, 0.15) is 6.54 Å². The number of nitrogens with one attached hydrogen (secondary N) is 1. The summed E-state index contributed by atoms with van der Waals surface area (Å²) in [5, 5.41) is 2.50. The van der Waals surface area contributed by atoms with Gasteiger partial charge in [-0.3, -0.25) is 18.7 Å². The number of amides is 1. The number of rotatable bonds is 5. The van der Waals surface area contributed by atoms with Gasteiger partial charge >= 0.3 is 11.9 Å². The maximum atomic E-state index is 13.0. The molecule has 0 aliphatic rings. The van der Waals surface area contributed by atoms with Crippen molar-refractivity contribution in [1.82, 2.24) is 9.13 Å². The average molecular weight is 454 g/mol. The Morgan fingerprint density at radius 1 is 1.16 bits per heavy atom. The Balaban J connectivity index is 2.04. The molecule has 3 rings (SSSR count). The smallest absolute Gasteiger partial charge is 0.323 e. The van der Waals surface area contributed by atoms with Gasteiger partial charge in [-0.25, -0.2) is 4.79 Å². The molecule has 0 aliphatic heterocycles. The molecule has 0 saturated carbocycles.